The Hall–Kier alpha value is -2.07. The third kappa shape index (κ3) is 2.85. The van der Waals surface area contributed by atoms with Crippen molar-refractivity contribution in [3.8, 4) is 0 Å². The van der Waals surface area contributed by atoms with Gasteiger partial charge in [0.2, 0.25) is 0 Å². The van der Waals surface area contributed by atoms with Crippen LogP contribution in [0.2, 0.25) is 0 Å². The van der Waals surface area contributed by atoms with Crippen molar-refractivity contribution in [3.05, 3.63) is 60.1 Å². The van der Waals surface area contributed by atoms with Crippen LogP contribution < -0.4 is 0 Å². The summed E-state index contributed by atoms with van der Waals surface area (Å²) in [6.45, 7) is 1.80. The van der Waals surface area contributed by atoms with Crippen molar-refractivity contribution >= 4 is 5.91 Å². The molecule has 19 heavy (non-hydrogen) atoms. The van der Waals surface area contributed by atoms with Gasteiger partial charge in [-0.05, 0) is 24.6 Å². The zero-order chi connectivity index (χ0) is 13.8. The lowest BCUT2D eigenvalue weighted by Gasteiger charge is -2.28. The number of hydrogen-bond donors (Lipinski definition) is 1. The molecule has 4 heteroatoms. The Bertz CT molecular complexity index is 522. The summed E-state index contributed by atoms with van der Waals surface area (Å²) in [6, 6.07) is 12.2. The summed E-state index contributed by atoms with van der Waals surface area (Å²) in [5.41, 5.74) is 0.786. The smallest absolute Gasteiger partial charge is 0.289 e. The van der Waals surface area contributed by atoms with Gasteiger partial charge in [-0.1, -0.05) is 30.3 Å². The maximum atomic E-state index is 12.1. The Morgan fingerprint density at radius 1 is 1.21 bits per heavy atom. The first kappa shape index (κ1) is 13.4. The fourth-order valence-electron chi connectivity index (χ4n) is 1.90. The van der Waals surface area contributed by atoms with E-state index < -0.39 is 6.10 Å². The highest BCUT2D eigenvalue weighted by molar-refractivity contribution is 5.91. The third-order valence-electron chi connectivity index (χ3n) is 3.26. The molecule has 0 unspecified atom stereocenters. The summed E-state index contributed by atoms with van der Waals surface area (Å²) in [5.74, 6) is 0.0297. The molecule has 1 aromatic heterocycles. The zero-order valence-corrected chi connectivity index (χ0v) is 11.0. The molecule has 0 bridgehead atoms. The molecule has 4 nitrogen and oxygen atoms in total. The van der Waals surface area contributed by atoms with Crippen molar-refractivity contribution in [1.82, 2.24) is 4.90 Å². The highest BCUT2D eigenvalue weighted by Gasteiger charge is 2.25. The summed E-state index contributed by atoms with van der Waals surface area (Å²) in [4.78, 5) is 13.6. The van der Waals surface area contributed by atoms with E-state index in [-0.39, 0.29) is 17.7 Å². The van der Waals surface area contributed by atoms with E-state index in [1.165, 1.54) is 11.2 Å². The van der Waals surface area contributed by atoms with E-state index >= 15 is 0 Å². The highest BCUT2D eigenvalue weighted by atomic mass is 16.3. The summed E-state index contributed by atoms with van der Waals surface area (Å²) in [5, 5.41) is 10.3. The van der Waals surface area contributed by atoms with Gasteiger partial charge in [-0.25, -0.2) is 0 Å². The number of carbonyl (C=O) groups excluding carboxylic acids is 1. The van der Waals surface area contributed by atoms with Crippen molar-refractivity contribution in [3.63, 3.8) is 0 Å². The quantitative estimate of drug-likeness (QED) is 0.917. The number of likely N-dealkylation sites (N-methyl/N-ethyl adjacent to an activating group) is 1. The average Bonchev–Trinajstić information content (AvgIpc) is 2.99. The Morgan fingerprint density at radius 2 is 1.89 bits per heavy atom. The van der Waals surface area contributed by atoms with Gasteiger partial charge in [-0.3, -0.25) is 4.79 Å². The lowest BCUT2D eigenvalue weighted by Crippen LogP contribution is -2.38. The van der Waals surface area contributed by atoms with Crippen LogP contribution in [0.25, 0.3) is 0 Å². The molecule has 0 spiro atoms. The second-order valence-electron chi connectivity index (χ2n) is 4.49. The molecule has 2 atom stereocenters. The summed E-state index contributed by atoms with van der Waals surface area (Å²) in [6.07, 6.45) is 0.726. The molecule has 1 N–H and O–H groups in total. The Kier molecular flexibility index (Phi) is 4.02. The molecule has 0 fully saturated rings. The minimum absolute atomic E-state index is 0.243. The molecule has 0 aliphatic rings. The summed E-state index contributed by atoms with van der Waals surface area (Å²) in [7, 11) is 1.65. The molecule has 2 aromatic rings. The van der Waals surface area contributed by atoms with Crippen molar-refractivity contribution < 1.29 is 14.3 Å². The second-order valence-corrected chi connectivity index (χ2v) is 4.49. The van der Waals surface area contributed by atoms with Crippen LogP contribution in [-0.2, 0) is 0 Å². The standard InChI is InChI=1S/C15H17NO3/c1-11(14(17)12-7-4-3-5-8-12)16(2)15(18)13-9-6-10-19-13/h3-11,14,17H,1-2H3/t11-,14+/m0/s1. The van der Waals surface area contributed by atoms with Crippen LogP contribution in [0, 0.1) is 0 Å². The SMILES string of the molecule is C[C@@H]([C@@H](O)c1ccccc1)N(C)C(=O)c1ccco1. The van der Waals surface area contributed by atoms with Crippen molar-refractivity contribution in [2.24, 2.45) is 0 Å². The molecule has 0 saturated carbocycles. The van der Waals surface area contributed by atoms with Crippen LogP contribution in [0.15, 0.2) is 53.1 Å². The van der Waals surface area contributed by atoms with Gasteiger partial charge >= 0.3 is 0 Å². The van der Waals surface area contributed by atoms with Gasteiger partial charge in [0.1, 0.15) is 0 Å². The van der Waals surface area contributed by atoms with Gasteiger partial charge in [-0.15, -0.1) is 0 Å². The van der Waals surface area contributed by atoms with Gasteiger partial charge in [0.25, 0.3) is 5.91 Å². The van der Waals surface area contributed by atoms with Crippen molar-refractivity contribution in [2.75, 3.05) is 7.05 Å². The number of carbonyl (C=O) groups is 1. The molecule has 1 aromatic carbocycles. The van der Waals surface area contributed by atoms with Crippen LogP contribution in [0.1, 0.15) is 29.1 Å². The number of furan rings is 1. The summed E-state index contributed by atoms with van der Waals surface area (Å²) < 4.78 is 5.08. The average molecular weight is 259 g/mol. The molecule has 0 radical (unpaired) electrons. The Balaban J connectivity index is 2.11. The monoisotopic (exact) mass is 259 g/mol. The van der Waals surface area contributed by atoms with E-state index in [9.17, 15) is 9.90 Å². The van der Waals surface area contributed by atoms with Crippen LogP contribution in [0.5, 0.6) is 0 Å². The van der Waals surface area contributed by atoms with E-state index in [4.69, 9.17) is 4.42 Å². The number of amides is 1. The predicted molar refractivity (Wildman–Crippen MR) is 71.7 cm³/mol. The molecule has 0 aliphatic carbocycles. The van der Waals surface area contributed by atoms with Gasteiger partial charge in [0, 0.05) is 7.05 Å². The fourth-order valence-corrected chi connectivity index (χ4v) is 1.90. The zero-order valence-electron chi connectivity index (χ0n) is 11.0. The van der Waals surface area contributed by atoms with Crippen molar-refractivity contribution in [1.29, 1.82) is 0 Å². The Morgan fingerprint density at radius 3 is 2.47 bits per heavy atom. The number of rotatable bonds is 4. The Labute approximate surface area is 112 Å². The first-order chi connectivity index (χ1) is 9.11. The maximum absolute atomic E-state index is 12.1. The van der Waals surface area contributed by atoms with E-state index in [0.29, 0.717) is 0 Å². The lowest BCUT2D eigenvalue weighted by atomic mass is 10.0. The number of hydrogen-bond acceptors (Lipinski definition) is 3. The largest absolute Gasteiger partial charge is 0.459 e. The van der Waals surface area contributed by atoms with E-state index in [1.807, 2.05) is 30.3 Å². The fraction of sp³-hybridized carbons (Fsp3) is 0.267. The van der Waals surface area contributed by atoms with Crippen LogP contribution in [-0.4, -0.2) is 29.0 Å². The molecule has 1 heterocycles. The second kappa shape index (κ2) is 5.71. The molecule has 2 rings (SSSR count). The van der Waals surface area contributed by atoms with Gasteiger partial charge < -0.3 is 14.4 Å². The highest BCUT2D eigenvalue weighted by Crippen LogP contribution is 2.21. The topological polar surface area (TPSA) is 53.7 Å². The van der Waals surface area contributed by atoms with Gasteiger partial charge in [0.05, 0.1) is 18.4 Å². The molecule has 0 aliphatic heterocycles. The van der Waals surface area contributed by atoms with E-state index in [1.54, 1.807) is 26.1 Å². The summed E-state index contributed by atoms with van der Waals surface area (Å²) >= 11 is 0. The number of nitrogens with zero attached hydrogens (tertiary/aromatic N) is 1. The number of benzene rings is 1. The molecular formula is C15H17NO3. The van der Waals surface area contributed by atoms with Crippen LogP contribution in [0.4, 0.5) is 0 Å². The molecule has 100 valence electrons. The van der Waals surface area contributed by atoms with Gasteiger partial charge in [0.15, 0.2) is 5.76 Å². The minimum atomic E-state index is -0.731. The lowest BCUT2D eigenvalue weighted by molar-refractivity contribution is 0.0461. The first-order valence-electron chi connectivity index (χ1n) is 6.15. The van der Waals surface area contributed by atoms with Crippen molar-refractivity contribution in [2.45, 2.75) is 19.1 Å². The van der Waals surface area contributed by atoms with Crippen LogP contribution >= 0.6 is 0 Å². The molecular weight excluding hydrogens is 242 g/mol. The molecule has 0 saturated heterocycles. The number of aliphatic hydroxyl groups excluding tert-OH is 1. The normalized spacial score (nSPS) is 13.8. The third-order valence-corrected chi connectivity index (χ3v) is 3.26. The first-order valence-corrected chi connectivity index (χ1v) is 6.15. The van der Waals surface area contributed by atoms with Crippen LogP contribution in [0.3, 0.4) is 0 Å². The van der Waals surface area contributed by atoms with E-state index in [2.05, 4.69) is 0 Å². The van der Waals surface area contributed by atoms with Gasteiger partial charge in [-0.2, -0.15) is 0 Å². The maximum Gasteiger partial charge on any atom is 0.289 e. The minimum Gasteiger partial charge on any atom is -0.459 e. The predicted octanol–water partition coefficient (Wildman–Crippen LogP) is 2.47. The van der Waals surface area contributed by atoms with E-state index in [0.717, 1.165) is 5.56 Å². The number of aliphatic hydroxyl groups is 1. The molecule has 1 amide bonds.